The summed E-state index contributed by atoms with van der Waals surface area (Å²) in [7, 11) is 2.15. The third kappa shape index (κ3) is 2.19. The molecule has 0 N–H and O–H groups in total. The van der Waals surface area contributed by atoms with E-state index in [0.29, 0.717) is 0 Å². The minimum Gasteiger partial charge on any atom is -0.359 e. The van der Waals surface area contributed by atoms with Crippen LogP contribution in [-0.2, 0) is 6.54 Å². The van der Waals surface area contributed by atoms with Crippen molar-refractivity contribution in [3.63, 3.8) is 0 Å². The van der Waals surface area contributed by atoms with Crippen molar-refractivity contribution in [3.05, 3.63) is 59.4 Å². The van der Waals surface area contributed by atoms with Crippen LogP contribution in [0.1, 0.15) is 19.4 Å². The van der Waals surface area contributed by atoms with Gasteiger partial charge in [-0.1, -0.05) is 36.4 Å². The minimum atomic E-state index is 0.984. The van der Waals surface area contributed by atoms with Gasteiger partial charge in [0.25, 0.3) is 0 Å². The molecule has 0 aliphatic carbocycles. The van der Waals surface area contributed by atoms with Gasteiger partial charge in [-0.2, -0.15) is 0 Å². The van der Waals surface area contributed by atoms with Crippen molar-refractivity contribution >= 4 is 10.8 Å². The zero-order valence-corrected chi connectivity index (χ0v) is 11.9. The third-order valence-electron chi connectivity index (χ3n) is 4.14. The molecule has 2 heteroatoms. The van der Waals surface area contributed by atoms with Crippen molar-refractivity contribution in [1.82, 2.24) is 9.80 Å². The van der Waals surface area contributed by atoms with Gasteiger partial charge >= 0.3 is 0 Å². The number of allylic oxidation sites excluding steroid dienone is 2. The molecular formula is C17H20N2. The molecule has 1 aliphatic heterocycles. The van der Waals surface area contributed by atoms with Gasteiger partial charge in [0.2, 0.25) is 0 Å². The van der Waals surface area contributed by atoms with E-state index >= 15 is 0 Å². The molecule has 0 bridgehead atoms. The van der Waals surface area contributed by atoms with Crippen LogP contribution in [0.4, 0.5) is 0 Å². The fraction of sp³-hybridized carbons (Fsp3) is 0.294. The number of hydrogen-bond acceptors (Lipinski definition) is 2. The standard InChI is InChI=1S/C17H20N2/c1-13-14(2)19(12-18(13)3)11-15-8-9-16-6-4-5-7-17(16)10-15/h4-10H,11-12H2,1-3H3. The first kappa shape index (κ1) is 12.1. The van der Waals surface area contributed by atoms with E-state index in [1.807, 2.05) is 0 Å². The van der Waals surface area contributed by atoms with Crippen LogP contribution >= 0.6 is 0 Å². The van der Waals surface area contributed by atoms with Crippen molar-refractivity contribution in [1.29, 1.82) is 0 Å². The molecule has 2 aromatic rings. The van der Waals surface area contributed by atoms with E-state index in [9.17, 15) is 0 Å². The Morgan fingerprint density at radius 3 is 2.37 bits per heavy atom. The Hall–Kier alpha value is -1.96. The molecule has 1 heterocycles. The highest BCUT2D eigenvalue weighted by atomic mass is 15.4. The maximum Gasteiger partial charge on any atom is 0.0898 e. The summed E-state index contributed by atoms with van der Waals surface area (Å²) in [5, 5.41) is 2.64. The first-order valence-corrected chi connectivity index (χ1v) is 6.76. The van der Waals surface area contributed by atoms with Crippen LogP contribution in [0.3, 0.4) is 0 Å². The first-order chi connectivity index (χ1) is 9.15. The number of fused-ring (bicyclic) bond motifs is 1. The number of benzene rings is 2. The fourth-order valence-electron chi connectivity index (χ4n) is 2.70. The topological polar surface area (TPSA) is 6.48 Å². The summed E-state index contributed by atoms with van der Waals surface area (Å²) >= 11 is 0. The van der Waals surface area contributed by atoms with Crippen molar-refractivity contribution < 1.29 is 0 Å². The monoisotopic (exact) mass is 252 g/mol. The van der Waals surface area contributed by atoms with Gasteiger partial charge < -0.3 is 9.80 Å². The van der Waals surface area contributed by atoms with Crippen molar-refractivity contribution in [3.8, 4) is 0 Å². The molecule has 19 heavy (non-hydrogen) atoms. The van der Waals surface area contributed by atoms with Gasteiger partial charge in [0.05, 0.1) is 6.67 Å². The second kappa shape index (κ2) is 4.61. The zero-order valence-electron chi connectivity index (χ0n) is 11.9. The molecule has 0 amide bonds. The van der Waals surface area contributed by atoms with Crippen LogP contribution in [-0.4, -0.2) is 23.5 Å². The maximum atomic E-state index is 2.43. The Kier molecular flexibility index (Phi) is 2.94. The first-order valence-electron chi connectivity index (χ1n) is 6.76. The normalized spacial score (nSPS) is 15.7. The van der Waals surface area contributed by atoms with Crippen LogP contribution in [0.25, 0.3) is 10.8 Å². The zero-order chi connectivity index (χ0) is 13.4. The lowest BCUT2D eigenvalue weighted by atomic mass is 10.1. The lowest BCUT2D eigenvalue weighted by molar-refractivity contribution is 0.271. The molecular weight excluding hydrogens is 232 g/mol. The van der Waals surface area contributed by atoms with Gasteiger partial charge in [-0.3, -0.25) is 0 Å². The molecule has 3 rings (SSSR count). The van der Waals surface area contributed by atoms with Crippen molar-refractivity contribution in [2.75, 3.05) is 13.7 Å². The third-order valence-corrected chi connectivity index (χ3v) is 4.14. The molecule has 0 saturated carbocycles. The Bertz CT molecular complexity index is 643. The van der Waals surface area contributed by atoms with Gasteiger partial charge in [-0.05, 0) is 36.2 Å². The molecule has 2 nitrogen and oxygen atoms in total. The summed E-state index contributed by atoms with van der Waals surface area (Å²) in [4.78, 5) is 4.73. The lowest BCUT2D eigenvalue weighted by Gasteiger charge is -2.21. The van der Waals surface area contributed by atoms with Crippen LogP contribution in [0.15, 0.2) is 53.9 Å². The molecule has 98 valence electrons. The fourth-order valence-corrected chi connectivity index (χ4v) is 2.70. The highest BCUT2D eigenvalue weighted by Gasteiger charge is 2.20. The van der Waals surface area contributed by atoms with E-state index < -0.39 is 0 Å². The highest BCUT2D eigenvalue weighted by Crippen LogP contribution is 2.24. The van der Waals surface area contributed by atoms with Crippen LogP contribution in [0.5, 0.6) is 0 Å². The molecule has 1 aliphatic rings. The summed E-state index contributed by atoms with van der Waals surface area (Å²) in [6, 6.07) is 15.3. The van der Waals surface area contributed by atoms with Gasteiger partial charge in [-0.15, -0.1) is 0 Å². The largest absolute Gasteiger partial charge is 0.359 e. The Morgan fingerprint density at radius 2 is 1.68 bits per heavy atom. The Morgan fingerprint density at radius 1 is 0.947 bits per heavy atom. The van der Waals surface area contributed by atoms with Gasteiger partial charge in [0.1, 0.15) is 0 Å². The summed E-state index contributed by atoms with van der Waals surface area (Å²) in [6.45, 7) is 6.37. The number of hydrogen-bond donors (Lipinski definition) is 0. The molecule has 0 radical (unpaired) electrons. The molecule has 2 aromatic carbocycles. The maximum absolute atomic E-state index is 2.43. The van der Waals surface area contributed by atoms with Crippen LogP contribution in [0, 0.1) is 0 Å². The summed E-state index contributed by atoms with van der Waals surface area (Å²) in [5.41, 5.74) is 4.14. The molecule has 0 atom stereocenters. The second-order valence-electron chi connectivity index (χ2n) is 5.39. The average Bonchev–Trinajstić information content (AvgIpc) is 2.66. The van der Waals surface area contributed by atoms with E-state index in [1.54, 1.807) is 0 Å². The Labute approximate surface area is 114 Å². The molecule has 0 unspecified atom stereocenters. The van der Waals surface area contributed by atoms with Crippen molar-refractivity contribution in [2.24, 2.45) is 0 Å². The molecule has 0 spiro atoms. The lowest BCUT2D eigenvalue weighted by Crippen LogP contribution is -2.24. The second-order valence-corrected chi connectivity index (χ2v) is 5.39. The van der Waals surface area contributed by atoms with Gasteiger partial charge in [0.15, 0.2) is 0 Å². The smallest absolute Gasteiger partial charge is 0.0898 e. The summed E-state index contributed by atoms with van der Waals surface area (Å²) in [5.74, 6) is 0. The highest BCUT2D eigenvalue weighted by molar-refractivity contribution is 5.82. The number of rotatable bonds is 2. The molecule has 0 saturated heterocycles. The number of nitrogens with zero attached hydrogens (tertiary/aromatic N) is 2. The molecule has 0 aromatic heterocycles. The molecule has 0 fully saturated rings. The summed E-state index contributed by atoms with van der Waals surface area (Å²) in [6.07, 6.45) is 0. The van der Waals surface area contributed by atoms with E-state index in [2.05, 4.69) is 73.2 Å². The van der Waals surface area contributed by atoms with Crippen LogP contribution in [0.2, 0.25) is 0 Å². The van der Waals surface area contributed by atoms with E-state index in [4.69, 9.17) is 0 Å². The predicted octanol–water partition coefficient (Wildman–Crippen LogP) is 3.80. The average molecular weight is 252 g/mol. The predicted molar refractivity (Wildman–Crippen MR) is 80.5 cm³/mol. The van der Waals surface area contributed by atoms with E-state index in [-0.39, 0.29) is 0 Å². The van der Waals surface area contributed by atoms with E-state index in [0.717, 1.165) is 13.2 Å². The van der Waals surface area contributed by atoms with E-state index in [1.165, 1.54) is 27.7 Å². The van der Waals surface area contributed by atoms with Gasteiger partial charge in [0, 0.05) is 25.0 Å². The summed E-state index contributed by atoms with van der Waals surface area (Å²) < 4.78 is 0. The SMILES string of the molecule is CC1=C(C)N(Cc2ccc3ccccc3c2)CN1C. The van der Waals surface area contributed by atoms with Gasteiger partial charge in [-0.25, -0.2) is 0 Å². The Balaban J connectivity index is 1.86. The minimum absolute atomic E-state index is 0.984. The van der Waals surface area contributed by atoms with Crippen LogP contribution < -0.4 is 0 Å². The quantitative estimate of drug-likeness (QED) is 0.802. The van der Waals surface area contributed by atoms with Crippen molar-refractivity contribution in [2.45, 2.75) is 20.4 Å².